The summed E-state index contributed by atoms with van der Waals surface area (Å²) in [6.45, 7) is 1.92. The van der Waals surface area contributed by atoms with Gasteiger partial charge in [0.25, 0.3) is 5.91 Å². The van der Waals surface area contributed by atoms with Crippen LogP contribution in [0.3, 0.4) is 0 Å². The minimum atomic E-state index is -0.777. The van der Waals surface area contributed by atoms with Gasteiger partial charge in [0.1, 0.15) is 11.4 Å². The topological polar surface area (TPSA) is 77.1 Å². The van der Waals surface area contributed by atoms with Gasteiger partial charge in [-0.1, -0.05) is 41.9 Å². The maximum absolute atomic E-state index is 12.7. The standard InChI is InChI=1S/C24H29ClN2O5/c1-30-17-5-14-26-23(29)32-24(19-6-3-2-4-7-19)12-15-27(16-13-24)22(28)18-31-21-10-8-20(25)9-11-21/h2-4,6-11H,5,12-18H2,1H3,(H,26,29). The zero-order chi connectivity index (χ0) is 22.8. The maximum atomic E-state index is 12.7. The van der Waals surface area contributed by atoms with E-state index in [0.717, 1.165) is 5.56 Å². The second-order valence-corrected chi connectivity index (χ2v) is 8.08. The largest absolute Gasteiger partial charge is 0.484 e. The summed E-state index contributed by atoms with van der Waals surface area (Å²) in [7, 11) is 1.62. The Bertz CT molecular complexity index is 868. The van der Waals surface area contributed by atoms with Crippen molar-refractivity contribution in [1.29, 1.82) is 0 Å². The van der Waals surface area contributed by atoms with Crippen molar-refractivity contribution < 1.29 is 23.8 Å². The molecule has 1 heterocycles. The molecule has 0 radical (unpaired) electrons. The van der Waals surface area contributed by atoms with Crippen LogP contribution in [0.1, 0.15) is 24.8 Å². The third-order valence-electron chi connectivity index (χ3n) is 5.48. The van der Waals surface area contributed by atoms with Gasteiger partial charge in [-0.3, -0.25) is 4.79 Å². The van der Waals surface area contributed by atoms with E-state index in [1.54, 1.807) is 36.3 Å². The Hall–Kier alpha value is -2.77. The number of alkyl carbamates (subject to hydrolysis) is 1. The molecule has 1 saturated heterocycles. The molecule has 0 bridgehead atoms. The first kappa shape index (κ1) is 23.9. The van der Waals surface area contributed by atoms with E-state index in [1.165, 1.54) is 0 Å². The van der Waals surface area contributed by atoms with E-state index in [2.05, 4.69) is 5.32 Å². The van der Waals surface area contributed by atoms with E-state index in [9.17, 15) is 9.59 Å². The molecular weight excluding hydrogens is 432 g/mol. The molecule has 1 fully saturated rings. The zero-order valence-electron chi connectivity index (χ0n) is 18.2. The Morgan fingerprint density at radius 3 is 2.41 bits per heavy atom. The van der Waals surface area contributed by atoms with E-state index in [1.807, 2.05) is 30.3 Å². The molecule has 2 aromatic carbocycles. The van der Waals surface area contributed by atoms with Gasteiger partial charge >= 0.3 is 6.09 Å². The minimum Gasteiger partial charge on any atom is -0.484 e. The summed E-state index contributed by atoms with van der Waals surface area (Å²) < 4.78 is 16.5. The summed E-state index contributed by atoms with van der Waals surface area (Å²) in [5, 5.41) is 3.40. The number of hydrogen-bond donors (Lipinski definition) is 1. The summed E-state index contributed by atoms with van der Waals surface area (Å²) in [6, 6.07) is 16.6. The molecule has 1 N–H and O–H groups in total. The van der Waals surface area contributed by atoms with E-state index in [4.69, 9.17) is 25.8 Å². The summed E-state index contributed by atoms with van der Waals surface area (Å²) >= 11 is 5.87. The van der Waals surface area contributed by atoms with Gasteiger partial charge in [0.05, 0.1) is 0 Å². The molecule has 0 aromatic heterocycles. The molecule has 8 heteroatoms. The summed E-state index contributed by atoms with van der Waals surface area (Å²) in [4.78, 5) is 26.9. The molecule has 0 atom stereocenters. The number of piperidine rings is 1. The highest BCUT2D eigenvalue weighted by Gasteiger charge is 2.41. The normalized spacial score (nSPS) is 15.1. The Balaban J connectivity index is 1.58. The number of amides is 2. The highest BCUT2D eigenvalue weighted by Crippen LogP contribution is 2.37. The van der Waals surface area contributed by atoms with Gasteiger partial charge in [0.2, 0.25) is 0 Å². The lowest BCUT2D eigenvalue weighted by Crippen LogP contribution is -2.49. The molecule has 0 saturated carbocycles. The summed E-state index contributed by atoms with van der Waals surface area (Å²) in [6.07, 6.45) is 1.26. The van der Waals surface area contributed by atoms with Gasteiger partial charge < -0.3 is 24.4 Å². The van der Waals surface area contributed by atoms with Crippen LogP contribution in [0.15, 0.2) is 54.6 Å². The lowest BCUT2D eigenvalue weighted by atomic mass is 9.84. The van der Waals surface area contributed by atoms with Crippen molar-refractivity contribution in [2.45, 2.75) is 24.9 Å². The van der Waals surface area contributed by atoms with Crippen molar-refractivity contribution in [1.82, 2.24) is 10.2 Å². The lowest BCUT2D eigenvalue weighted by Gasteiger charge is -2.41. The van der Waals surface area contributed by atoms with E-state index < -0.39 is 11.7 Å². The molecule has 32 heavy (non-hydrogen) atoms. The molecule has 7 nitrogen and oxygen atoms in total. The second kappa shape index (κ2) is 11.7. The first-order chi connectivity index (χ1) is 15.5. The van der Waals surface area contributed by atoms with Crippen LogP contribution >= 0.6 is 11.6 Å². The van der Waals surface area contributed by atoms with E-state index >= 15 is 0 Å². The lowest BCUT2D eigenvalue weighted by molar-refractivity contribution is -0.138. The molecule has 1 aliphatic heterocycles. The van der Waals surface area contributed by atoms with Crippen LogP contribution in [0.5, 0.6) is 5.75 Å². The number of methoxy groups -OCH3 is 1. The van der Waals surface area contributed by atoms with Crippen LogP contribution < -0.4 is 10.1 Å². The van der Waals surface area contributed by atoms with Gasteiger partial charge in [-0.25, -0.2) is 4.79 Å². The minimum absolute atomic E-state index is 0.0547. The fourth-order valence-electron chi connectivity index (χ4n) is 3.70. The van der Waals surface area contributed by atoms with E-state index in [-0.39, 0.29) is 12.5 Å². The number of likely N-dealkylation sites (tertiary alicyclic amines) is 1. The number of ether oxygens (including phenoxy) is 3. The molecule has 1 aliphatic rings. The monoisotopic (exact) mass is 460 g/mol. The number of hydrogen-bond acceptors (Lipinski definition) is 5. The molecular formula is C24H29ClN2O5. The van der Waals surface area contributed by atoms with Crippen molar-refractivity contribution in [3.63, 3.8) is 0 Å². The number of halogens is 1. The first-order valence-corrected chi connectivity index (χ1v) is 11.1. The number of nitrogens with zero attached hydrogens (tertiary/aromatic N) is 1. The average molecular weight is 461 g/mol. The van der Waals surface area contributed by atoms with Crippen LogP contribution in [0.25, 0.3) is 0 Å². The Labute approximate surface area is 193 Å². The third-order valence-corrected chi connectivity index (χ3v) is 5.73. The van der Waals surface area contributed by atoms with Crippen molar-refractivity contribution >= 4 is 23.6 Å². The average Bonchev–Trinajstić information content (AvgIpc) is 2.82. The van der Waals surface area contributed by atoms with Crippen LogP contribution in [-0.2, 0) is 19.9 Å². The highest BCUT2D eigenvalue weighted by atomic mass is 35.5. The molecule has 0 aliphatic carbocycles. The fraction of sp³-hybridized carbons (Fsp3) is 0.417. The van der Waals surface area contributed by atoms with Gasteiger partial charge in [-0.15, -0.1) is 0 Å². The van der Waals surface area contributed by atoms with Crippen LogP contribution in [0.2, 0.25) is 5.02 Å². The highest BCUT2D eigenvalue weighted by molar-refractivity contribution is 6.30. The molecule has 2 amide bonds. The van der Waals surface area contributed by atoms with Crippen molar-refractivity contribution in [2.24, 2.45) is 0 Å². The number of carbonyl (C=O) groups excluding carboxylic acids is 2. The summed E-state index contributed by atoms with van der Waals surface area (Å²) in [5.74, 6) is 0.484. The van der Waals surface area contributed by atoms with Crippen LogP contribution in [0, 0.1) is 0 Å². The Kier molecular flexibility index (Phi) is 8.76. The maximum Gasteiger partial charge on any atom is 0.408 e. The second-order valence-electron chi connectivity index (χ2n) is 7.65. The van der Waals surface area contributed by atoms with Crippen molar-refractivity contribution in [3.05, 3.63) is 65.2 Å². The Morgan fingerprint density at radius 2 is 1.75 bits per heavy atom. The van der Waals surface area contributed by atoms with Gasteiger partial charge in [-0.2, -0.15) is 0 Å². The Morgan fingerprint density at radius 1 is 1.06 bits per heavy atom. The molecule has 2 aromatic rings. The molecule has 0 unspecified atom stereocenters. The predicted molar refractivity (Wildman–Crippen MR) is 122 cm³/mol. The molecule has 0 spiro atoms. The zero-order valence-corrected chi connectivity index (χ0v) is 19.0. The number of nitrogens with one attached hydrogen (secondary N) is 1. The first-order valence-electron chi connectivity index (χ1n) is 10.7. The number of benzene rings is 2. The molecule has 172 valence electrons. The third kappa shape index (κ3) is 6.61. The van der Waals surface area contributed by atoms with Crippen LogP contribution in [0.4, 0.5) is 4.79 Å². The van der Waals surface area contributed by atoms with Gasteiger partial charge in [-0.05, 0) is 36.2 Å². The number of rotatable bonds is 9. The number of carbonyl (C=O) groups is 2. The fourth-order valence-corrected chi connectivity index (χ4v) is 3.82. The van der Waals surface area contributed by atoms with Crippen molar-refractivity contribution in [2.75, 3.05) is 40.0 Å². The SMILES string of the molecule is COCCCNC(=O)OC1(c2ccccc2)CCN(C(=O)COc2ccc(Cl)cc2)CC1. The van der Waals surface area contributed by atoms with Crippen molar-refractivity contribution in [3.8, 4) is 5.75 Å². The summed E-state index contributed by atoms with van der Waals surface area (Å²) in [5.41, 5.74) is 0.150. The molecule has 3 rings (SSSR count). The van der Waals surface area contributed by atoms with Gasteiger partial charge in [0.15, 0.2) is 6.61 Å². The van der Waals surface area contributed by atoms with Gasteiger partial charge in [0, 0.05) is 51.2 Å². The van der Waals surface area contributed by atoms with E-state index in [0.29, 0.717) is 56.3 Å². The van der Waals surface area contributed by atoms with Crippen LogP contribution in [-0.4, -0.2) is 56.9 Å². The smallest absolute Gasteiger partial charge is 0.408 e. The predicted octanol–water partition coefficient (Wildman–Crippen LogP) is 4.00. The quantitative estimate of drug-likeness (QED) is 0.572.